The fourth-order valence-corrected chi connectivity index (χ4v) is 5.04. The minimum Gasteiger partial charge on any atom is -0.458 e. The highest BCUT2D eigenvalue weighted by Crippen LogP contribution is 2.28. The van der Waals surface area contributed by atoms with Crippen molar-refractivity contribution in [2.24, 2.45) is 35.5 Å². The van der Waals surface area contributed by atoms with Crippen LogP contribution in [-0.2, 0) is 9.53 Å². The van der Waals surface area contributed by atoms with Crippen LogP contribution in [0.1, 0.15) is 67.2 Å². The van der Waals surface area contributed by atoms with Crippen LogP contribution in [0.5, 0.6) is 0 Å². The molecule has 11 atom stereocenters. The van der Waals surface area contributed by atoms with Gasteiger partial charge in [-0.1, -0.05) is 96.7 Å². The van der Waals surface area contributed by atoms with Gasteiger partial charge in [-0.2, -0.15) is 0 Å². The topological polar surface area (TPSA) is 107 Å². The molecule has 0 unspecified atom stereocenters. The van der Waals surface area contributed by atoms with Crippen molar-refractivity contribution in [3.63, 3.8) is 0 Å². The Bertz CT molecular complexity index is 815. The first-order chi connectivity index (χ1) is 17.9. The second-order valence-corrected chi connectivity index (χ2v) is 11.4. The number of carbonyl (C=O) groups is 1. The Labute approximate surface area is 230 Å². The summed E-state index contributed by atoms with van der Waals surface area (Å²) in [5.41, 5.74) is 0. The zero-order chi connectivity index (χ0) is 28.8. The van der Waals surface area contributed by atoms with E-state index in [0.29, 0.717) is 6.42 Å². The van der Waals surface area contributed by atoms with E-state index in [9.17, 15) is 25.2 Å². The zero-order valence-electron chi connectivity index (χ0n) is 24.2. The summed E-state index contributed by atoms with van der Waals surface area (Å²) < 4.78 is 5.81. The van der Waals surface area contributed by atoms with Gasteiger partial charge in [0.2, 0.25) is 0 Å². The van der Waals surface area contributed by atoms with Gasteiger partial charge in [0.15, 0.2) is 0 Å². The number of ether oxygens (including phenoxy) is 1. The molecule has 0 bridgehead atoms. The van der Waals surface area contributed by atoms with Gasteiger partial charge in [-0.15, -0.1) is 0 Å². The first-order valence-electron chi connectivity index (χ1n) is 14.1. The molecule has 0 saturated heterocycles. The highest BCUT2D eigenvalue weighted by molar-refractivity contribution is 5.82. The molecule has 0 radical (unpaired) electrons. The molecule has 0 aromatic rings. The van der Waals surface area contributed by atoms with Crippen molar-refractivity contribution in [2.45, 2.75) is 97.7 Å². The molecule has 1 heterocycles. The maximum atomic E-state index is 12.6. The third-order valence-corrected chi connectivity index (χ3v) is 7.78. The molecular weight excluding hydrogens is 480 g/mol. The molecule has 0 aromatic heterocycles. The number of carbonyl (C=O) groups excluding carboxylic acids is 1. The summed E-state index contributed by atoms with van der Waals surface area (Å²) in [7, 11) is 0. The summed E-state index contributed by atoms with van der Waals surface area (Å²) in [6, 6.07) is 0. The van der Waals surface area contributed by atoms with Crippen molar-refractivity contribution in [2.75, 3.05) is 0 Å². The molecule has 38 heavy (non-hydrogen) atoms. The molecule has 0 aromatic carbocycles. The van der Waals surface area contributed by atoms with Gasteiger partial charge < -0.3 is 25.2 Å². The lowest BCUT2D eigenvalue weighted by Gasteiger charge is -2.31. The largest absolute Gasteiger partial charge is 0.458 e. The Morgan fingerprint density at radius 3 is 2.26 bits per heavy atom. The molecule has 6 nitrogen and oxygen atoms in total. The van der Waals surface area contributed by atoms with Crippen LogP contribution in [0, 0.1) is 35.5 Å². The van der Waals surface area contributed by atoms with Gasteiger partial charge in [0.05, 0.1) is 24.4 Å². The van der Waals surface area contributed by atoms with Crippen molar-refractivity contribution < 1.29 is 30.0 Å². The maximum Gasteiger partial charge on any atom is 0.331 e. The quantitative estimate of drug-likeness (QED) is 0.228. The van der Waals surface area contributed by atoms with Crippen molar-refractivity contribution in [1.29, 1.82) is 0 Å². The normalized spacial score (nSPS) is 40.7. The molecule has 0 fully saturated rings. The zero-order valence-corrected chi connectivity index (χ0v) is 24.2. The fraction of sp³-hybridized carbons (Fsp3) is 0.656. The van der Waals surface area contributed by atoms with Crippen LogP contribution in [0.4, 0.5) is 0 Å². The molecule has 4 N–H and O–H groups in total. The predicted octanol–water partition coefficient (Wildman–Crippen LogP) is 5.14. The Morgan fingerprint density at radius 2 is 1.61 bits per heavy atom. The predicted molar refractivity (Wildman–Crippen MR) is 154 cm³/mol. The van der Waals surface area contributed by atoms with Gasteiger partial charge in [0.1, 0.15) is 6.10 Å². The molecule has 0 spiro atoms. The van der Waals surface area contributed by atoms with Crippen LogP contribution in [0.3, 0.4) is 0 Å². The van der Waals surface area contributed by atoms with Crippen LogP contribution in [-0.4, -0.2) is 56.9 Å². The first kappa shape index (κ1) is 34.0. The minimum atomic E-state index is -0.828. The van der Waals surface area contributed by atoms with Gasteiger partial charge in [0.25, 0.3) is 0 Å². The van der Waals surface area contributed by atoms with E-state index in [0.717, 1.165) is 12.8 Å². The van der Waals surface area contributed by atoms with Crippen molar-refractivity contribution >= 4 is 5.97 Å². The Balaban J connectivity index is 3.17. The van der Waals surface area contributed by atoms with E-state index < -0.39 is 36.5 Å². The summed E-state index contributed by atoms with van der Waals surface area (Å²) in [4.78, 5) is 12.6. The number of aliphatic hydroxyl groups is 4. The molecular formula is C32H52O6. The lowest BCUT2D eigenvalue weighted by molar-refractivity contribution is -0.150. The van der Waals surface area contributed by atoms with Crippen molar-refractivity contribution in [3.8, 4) is 0 Å². The third-order valence-electron chi connectivity index (χ3n) is 7.78. The molecule has 0 saturated carbocycles. The second-order valence-electron chi connectivity index (χ2n) is 11.4. The van der Waals surface area contributed by atoms with E-state index in [4.69, 9.17) is 4.74 Å². The SMILES string of the molecule is C=C/C=C\[C@H](C)[C@@H]1OC(=O)/C=C/C=C/[C@H](C)[C@@H](O)C[C@H](O)/C=C\[C@H](C)[C@H](O)[C@H](C)C[C@@H](C)CC[C@@H](O)[C@@H]1C. The van der Waals surface area contributed by atoms with Crippen LogP contribution < -0.4 is 0 Å². The summed E-state index contributed by atoms with van der Waals surface area (Å²) in [6.07, 6.45) is 14.2. The maximum absolute atomic E-state index is 12.6. The van der Waals surface area contributed by atoms with Crippen LogP contribution in [0.15, 0.2) is 61.3 Å². The lowest BCUT2D eigenvalue weighted by atomic mass is 9.82. The van der Waals surface area contributed by atoms with E-state index in [-0.39, 0.29) is 41.9 Å². The number of allylic oxidation sites excluding steroid dienone is 4. The van der Waals surface area contributed by atoms with Gasteiger partial charge in [-0.25, -0.2) is 4.79 Å². The fourth-order valence-electron chi connectivity index (χ4n) is 5.04. The molecule has 1 aliphatic rings. The lowest BCUT2D eigenvalue weighted by Crippen LogP contribution is -2.37. The third kappa shape index (κ3) is 12.2. The van der Waals surface area contributed by atoms with Gasteiger partial charge in [-0.3, -0.25) is 0 Å². The summed E-state index contributed by atoms with van der Waals surface area (Å²) in [6.45, 7) is 15.5. The van der Waals surface area contributed by atoms with E-state index in [1.165, 1.54) is 6.08 Å². The smallest absolute Gasteiger partial charge is 0.331 e. The number of rotatable bonds is 3. The van der Waals surface area contributed by atoms with E-state index >= 15 is 0 Å². The highest BCUT2D eigenvalue weighted by Gasteiger charge is 2.31. The first-order valence-corrected chi connectivity index (χ1v) is 14.1. The van der Waals surface area contributed by atoms with Gasteiger partial charge >= 0.3 is 5.97 Å². The molecule has 6 heteroatoms. The van der Waals surface area contributed by atoms with Gasteiger partial charge in [0, 0.05) is 36.2 Å². The summed E-state index contributed by atoms with van der Waals surface area (Å²) in [5.74, 6) is -0.976. The Morgan fingerprint density at radius 1 is 0.921 bits per heavy atom. The van der Waals surface area contributed by atoms with E-state index in [1.807, 2.05) is 52.8 Å². The van der Waals surface area contributed by atoms with Crippen molar-refractivity contribution in [3.05, 3.63) is 61.3 Å². The molecule has 216 valence electrons. The Hall–Kier alpha value is -1.99. The van der Waals surface area contributed by atoms with E-state index in [1.54, 1.807) is 30.4 Å². The van der Waals surface area contributed by atoms with Crippen LogP contribution in [0.2, 0.25) is 0 Å². The minimum absolute atomic E-state index is 0.0366. The molecule has 0 aliphatic carbocycles. The average molecular weight is 533 g/mol. The van der Waals surface area contributed by atoms with Crippen molar-refractivity contribution in [1.82, 2.24) is 0 Å². The number of aliphatic hydroxyl groups excluding tert-OH is 4. The molecule has 1 rings (SSSR count). The standard InChI is InChI=1S/C32H52O6/c1-8-9-12-24(5)32-26(7)28(34)18-15-21(2)19-25(6)31(37)23(4)16-17-27(33)20-29(35)22(3)13-10-11-14-30(36)38-32/h8-14,16-17,21-29,31-35,37H,1,15,18-20H2,2-7H3/b12-9-,13-10+,14-11+,17-16-/t21-,22-,23-,24-,25+,26-,27+,28+,29-,31-,32-/m0/s1. The second kappa shape index (κ2) is 17.6. The molecule has 1 aliphatic heterocycles. The number of esters is 1. The summed E-state index contributed by atoms with van der Waals surface area (Å²) >= 11 is 0. The Kier molecular flexibility index (Phi) is 15.7. The monoisotopic (exact) mass is 532 g/mol. The van der Waals surface area contributed by atoms with Crippen LogP contribution >= 0.6 is 0 Å². The van der Waals surface area contributed by atoms with E-state index in [2.05, 4.69) is 13.5 Å². The molecule has 0 amide bonds. The number of hydrogen-bond donors (Lipinski definition) is 4. The van der Waals surface area contributed by atoms with Crippen LogP contribution in [0.25, 0.3) is 0 Å². The number of cyclic esters (lactones) is 1. The highest BCUT2D eigenvalue weighted by atomic mass is 16.5. The average Bonchev–Trinajstić information content (AvgIpc) is 2.88. The van der Waals surface area contributed by atoms with Gasteiger partial charge in [-0.05, 0) is 31.1 Å². The number of hydrogen-bond acceptors (Lipinski definition) is 6. The summed E-state index contributed by atoms with van der Waals surface area (Å²) in [5, 5.41) is 42.7.